The minimum atomic E-state index is 0.646. The quantitative estimate of drug-likeness (QED) is 0.918. The molecule has 0 saturated heterocycles. The lowest BCUT2D eigenvalue weighted by Crippen LogP contribution is -2.30. The molecule has 1 aliphatic heterocycles. The van der Waals surface area contributed by atoms with Crippen molar-refractivity contribution >= 4 is 0 Å². The molecule has 1 N–H and O–H groups in total. The molecule has 0 fully saturated rings. The Bertz CT molecular complexity index is 697. The van der Waals surface area contributed by atoms with Gasteiger partial charge in [0.15, 0.2) is 11.5 Å². The molecule has 2 heterocycles. The van der Waals surface area contributed by atoms with Crippen LogP contribution in [-0.4, -0.2) is 49.5 Å². The van der Waals surface area contributed by atoms with Crippen molar-refractivity contribution in [3.05, 3.63) is 23.4 Å². The predicted octanol–water partition coefficient (Wildman–Crippen LogP) is 2.48. The Morgan fingerprint density at radius 1 is 1.09 bits per heavy atom. The van der Waals surface area contributed by atoms with Crippen molar-refractivity contribution in [3.63, 3.8) is 0 Å². The zero-order valence-corrected chi connectivity index (χ0v) is 14.1. The normalized spacial score (nSPS) is 14.4. The third-order valence-corrected chi connectivity index (χ3v) is 4.42. The van der Waals surface area contributed by atoms with E-state index in [0.29, 0.717) is 11.5 Å². The Morgan fingerprint density at radius 2 is 1.78 bits per heavy atom. The zero-order chi connectivity index (χ0) is 16.4. The number of hydrogen-bond acceptors (Lipinski definition) is 5. The van der Waals surface area contributed by atoms with Crippen molar-refractivity contribution in [1.82, 2.24) is 15.1 Å². The standard InChI is InChI=1S/C17H23N3O3/c1-5-20-7-6-13-12(10-20)17(19-18-13)11-8-15(22-3)16(23-4)9-14(11)21-2/h8-9H,5-7,10H2,1-4H3,(H,18,19). The molecule has 6 nitrogen and oxygen atoms in total. The van der Waals surface area contributed by atoms with Crippen molar-refractivity contribution in [1.29, 1.82) is 0 Å². The van der Waals surface area contributed by atoms with Gasteiger partial charge in [-0.3, -0.25) is 10.00 Å². The van der Waals surface area contributed by atoms with Gasteiger partial charge in [-0.05, 0) is 12.6 Å². The van der Waals surface area contributed by atoms with E-state index in [-0.39, 0.29) is 0 Å². The molecule has 0 spiro atoms. The minimum Gasteiger partial charge on any atom is -0.496 e. The average molecular weight is 317 g/mol. The highest BCUT2D eigenvalue weighted by molar-refractivity contribution is 5.74. The highest BCUT2D eigenvalue weighted by Gasteiger charge is 2.24. The molecule has 0 amide bonds. The van der Waals surface area contributed by atoms with Crippen molar-refractivity contribution in [3.8, 4) is 28.5 Å². The van der Waals surface area contributed by atoms with E-state index in [1.165, 1.54) is 11.3 Å². The summed E-state index contributed by atoms with van der Waals surface area (Å²) in [5.74, 6) is 2.04. The summed E-state index contributed by atoms with van der Waals surface area (Å²) >= 11 is 0. The summed E-state index contributed by atoms with van der Waals surface area (Å²) in [5.41, 5.74) is 4.29. The summed E-state index contributed by atoms with van der Waals surface area (Å²) < 4.78 is 16.3. The number of nitrogens with zero attached hydrogens (tertiary/aromatic N) is 2. The number of aromatic amines is 1. The van der Waals surface area contributed by atoms with Crippen LogP contribution in [-0.2, 0) is 13.0 Å². The Balaban J connectivity index is 2.10. The number of aromatic nitrogens is 2. The number of fused-ring (bicyclic) bond motifs is 1. The van der Waals surface area contributed by atoms with E-state index in [9.17, 15) is 0 Å². The summed E-state index contributed by atoms with van der Waals surface area (Å²) in [5, 5.41) is 7.73. The maximum Gasteiger partial charge on any atom is 0.164 e. The van der Waals surface area contributed by atoms with E-state index >= 15 is 0 Å². The van der Waals surface area contributed by atoms with Gasteiger partial charge in [0.05, 0.1) is 21.3 Å². The topological polar surface area (TPSA) is 59.6 Å². The summed E-state index contributed by atoms with van der Waals surface area (Å²) in [7, 11) is 4.90. The molecule has 0 aliphatic carbocycles. The van der Waals surface area contributed by atoms with Gasteiger partial charge in [0.2, 0.25) is 0 Å². The second kappa shape index (κ2) is 6.50. The van der Waals surface area contributed by atoms with Gasteiger partial charge in [-0.1, -0.05) is 6.92 Å². The average Bonchev–Trinajstić information content (AvgIpc) is 3.03. The van der Waals surface area contributed by atoms with E-state index in [4.69, 9.17) is 14.2 Å². The number of H-pyrrole nitrogens is 1. The lowest BCUT2D eigenvalue weighted by Gasteiger charge is -2.25. The third-order valence-electron chi connectivity index (χ3n) is 4.42. The molecule has 23 heavy (non-hydrogen) atoms. The number of likely N-dealkylation sites (N-methyl/N-ethyl adjacent to an activating group) is 1. The van der Waals surface area contributed by atoms with Crippen LogP contribution in [0.4, 0.5) is 0 Å². The molecule has 0 saturated carbocycles. The van der Waals surface area contributed by atoms with Gasteiger partial charge in [-0.25, -0.2) is 0 Å². The van der Waals surface area contributed by atoms with Crippen LogP contribution in [0.15, 0.2) is 12.1 Å². The van der Waals surface area contributed by atoms with Crippen molar-refractivity contribution in [2.24, 2.45) is 0 Å². The molecule has 0 atom stereocenters. The van der Waals surface area contributed by atoms with Crippen LogP contribution in [0.25, 0.3) is 11.3 Å². The van der Waals surface area contributed by atoms with Crippen LogP contribution in [0, 0.1) is 0 Å². The molecule has 1 aromatic heterocycles. The molecule has 6 heteroatoms. The monoisotopic (exact) mass is 317 g/mol. The maximum atomic E-state index is 5.55. The number of ether oxygens (including phenoxy) is 3. The number of benzene rings is 1. The Kier molecular flexibility index (Phi) is 4.43. The molecule has 3 rings (SSSR count). The largest absolute Gasteiger partial charge is 0.496 e. The van der Waals surface area contributed by atoms with Gasteiger partial charge >= 0.3 is 0 Å². The number of methoxy groups -OCH3 is 3. The fourth-order valence-corrected chi connectivity index (χ4v) is 3.06. The predicted molar refractivity (Wildman–Crippen MR) is 88.3 cm³/mol. The summed E-state index contributed by atoms with van der Waals surface area (Å²) in [6.07, 6.45) is 0.992. The van der Waals surface area contributed by atoms with Crippen LogP contribution in [0.3, 0.4) is 0 Å². The Morgan fingerprint density at radius 3 is 2.43 bits per heavy atom. The molecule has 0 bridgehead atoms. The van der Waals surface area contributed by atoms with Crippen molar-refractivity contribution < 1.29 is 14.2 Å². The highest BCUT2D eigenvalue weighted by Crippen LogP contribution is 2.41. The van der Waals surface area contributed by atoms with Gasteiger partial charge in [0.25, 0.3) is 0 Å². The molecule has 2 aromatic rings. The minimum absolute atomic E-state index is 0.646. The van der Waals surface area contributed by atoms with E-state index in [2.05, 4.69) is 22.0 Å². The van der Waals surface area contributed by atoms with E-state index in [1.54, 1.807) is 21.3 Å². The summed E-state index contributed by atoms with van der Waals surface area (Å²) in [4.78, 5) is 2.41. The van der Waals surface area contributed by atoms with Gasteiger partial charge in [-0.15, -0.1) is 0 Å². The second-order valence-corrected chi connectivity index (χ2v) is 5.56. The molecule has 0 unspecified atom stereocenters. The number of hydrogen-bond donors (Lipinski definition) is 1. The lowest BCUT2D eigenvalue weighted by atomic mass is 10.00. The first-order valence-electron chi connectivity index (χ1n) is 7.80. The smallest absolute Gasteiger partial charge is 0.164 e. The highest BCUT2D eigenvalue weighted by atomic mass is 16.5. The summed E-state index contributed by atoms with van der Waals surface area (Å²) in [6, 6.07) is 3.77. The van der Waals surface area contributed by atoms with Crippen LogP contribution < -0.4 is 14.2 Å². The van der Waals surface area contributed by atoms with E-state index in [1.807, 2.05) is 12.1 Å². The first kappa shape index (κ1) is 15.7. The fourth-order valence-electron chi connectivity index (χ4n) is 3.06. The molecule has 1 aliphatic rings. The maximum absolute atomic E-state index is 5.55. The van der Waals surface area contributed by atoms with Gasteiger partial charge in [0.1, 0.15) is 11.4 Å². The molecule has 0 radical (unpaired) electrons. The lowest BCUT2D eigenvalue weighted by molar-refractivity contribution is 0.267. The molecular weight excluding hydrogens is 294 g/mol. The fraction of sp³-hybridized carbons (Fsp3) is 0.471. The van der Waals surface area contributed by atoms with Gasteiger partial charge in [0, 0.05) is 42.4 Å². The molecule has 124 valence electrons. The first-order valence-corrected chi connectivity index (χ1v) is 7.80. The second-order valence-electron chi connectivity index (χ2n) is 5.56. The van der Waals surface area contributed by atoms with Crippen molar-refractivity contribution in [2.45, 2.75) is 19.9 Å². The Hall–Kier alpha value is -2.21. The Labute approximate surface area is 136 Å². The van der Waals surface area contributed by atoms with Crippen LogP contribution in [0.1, 0.15) is 18.2 Å². The van der Waals surface area contributed by atoms with E-state index < -0.39 is 0 Å². The van der Waals surface area contributed by atoms with Crippen LogP contribution in [0.5, 0.6) is 17.2 Å². The zero-order valence-electron chi connectivity index (χ0n) is 14.1. The van der Waals surface area contributed by atoms with E-state index in [0.717, 1.165) is 43.1 Å². The van der Waals surface area contributed by atoms with Gasteiger partial charge < -0.3 is 14.2 Å². The third kappa shape index (κ3) is 2.74. The van der Waals surface area contributed by atoms with Crippen molar-refractivity contribution in [2.75, 3.05) is 34.4 Å². The SMILES string of the molecule is CCN1CCc2[nH]nc(-c3cc(OC)c(OC)cc3OC)c2C1. The van der Waals surface area contributed by atoms with Gasteiger partial charge in [-0.2, -0.15) is 5.10 Å². The number of rotatable bonds is 5. The van der Waals surface area contributed by atoms with Crippen LogP contribution >= 0.6 is 0 Å². The molecular formula is C17H23N3O3. The molecule has 1 aromatic carbocycles. The van der Waals surface area contributed by atoms with Crippen LogP contribution in [0.2, 0.25) is 0 Å². The summed E-state index contributed by atoms with van der Waals surface area (Å²) in [6.45, 7) is 5.18. The number of nitrogens with one attached hydrogen (secondary N) is 1. The first-order chi connectivity index (χ1) is 11.2.